The molecule has 1 aromatic rings. The van der Waals surface area contributed by atoms with Gasteiger partial charge in [0.1, 0.15) is 0 Å². The Bertz CT molecular complexity index is 430. The number of nitro benzene ring substituents is 1. The number of nitrogens with zero attached hydrogens (tertiary/aromatic N) is 1. The summed E-state index contributed by atoms with van der Waals surface area (Å²) < 4.78 is 25.7. The predicted molar refractivity (Wildman–Crippen MR) is 74.2 cm³/mol. The molecule has 0 atom stereocenters. The maximum atomic E-state index is 12.8. The summed E-state index contributed by atoms with van der Waals surface area (Å²) in [5, 5.41) is 13.5. The summed E-state index contributed by atoms with van der Waals surface area (Å²) in [4.78, 5) is 9.88. The molecule has 0 spiro atoms. The summed E-state index contributed by atoms with van der Waals surface area (Å²) in [5.41, 5.74) is -0.368. The van der Waals surface area contributed by atoms with Crippen molar-refractivity contribution >= 4 is 23.1 Å². The van der Waals surface area contributed by atoms with E-state index >= 15 is 0 Å². The van der Waals surface area contributed by atoms with Crippen LogP contribution in [0.1, 0.15) is 24.8 Å². The van der Waals surface area contributed by atoms with Gasteiger partial charge in [-0.15, -0.1) is 0 Å². The third-order valence-corrected chi connectivity index (χ3v) is 3.27. The van der Waals surface area contributed by atoms with E-state index in [0.717, 1.165) is 24.7 Å². The van der Waals surface area contributed by atoms with Crippen molar-refractivity contribution in [2.24, 2.45) is 0 Å². The molecule has 0 saturated carbocycles. The molecule has 0 aliphatic carbocycles. The highest BCUT2D eigenvalue weighted by Crippen LogP contribution is 2.30. The third-order valence-electron chi connectivity index (χ3n) is 2.57. The molecule has 0 radical (unpaired) electrons. The molecule has 0 amide bonds. The van der Waals surface area contributed by atoms with Crippen molar-refractivity contribution in [3.8, 4) is 0 Å². The quantitative estimate of drug-likeness (QED) is 0.445. The summed E-state index contributed by atoms with van der Waals surface area (Å²) >= 11 is 1.74. The molecule has 0 aliphatic heterocycles. The Hall–Kier alpha value is -1.37. The van der Waals surface area contributed by atoms with E-state index in [0.29, 0.717) is 6.54 Å². The van der Waals surface area contributed by atoms with Gasteiger partial charge in [-0.05, 0) is 30.9 Å². The summed E-state index contributed by atoms with van der Waals surface area (Å²) in [6.07, 6.45) is 1.17. The van der Waals surface area contributed by atoms with Crippen LogP contribution in [0.15, 0.2) is 18.2 Å². The molecular weight excluding hydrogens is 274 g/mol. The third kappa shape index (κ3) is 5.02. The number of rotatable bonds is 8. The summed E-state index contributed by atoms with van der Waals surface area (Å²) in [6, 6.07) is 3.50. The molecule has 0 unspecified atom stereocenters. The second-order valence-corrected chi connectivity index (χ2v) is 4.94. The molecule has 19 heavy (non-hydrogen) atoms. The van der Waals surface area contributed by atoms with Gasteiger partial charge in [0.15, 0.2) is 0 Å². The van der Waals surface area contributed by atoms with Crippen LogP contribution in [0.2, 0.25) is 0 Å². The average Bonchev–Trinajstić information content (AvgIpc) is 2.38. The van der Waals surface area contributed by atoms with Gasteiger partial charge in [-0.3, -0.25) is 10.1 Å². The highest BCUT2D eigenvalue weighted by molar-refractivity contribution is 7.98. The van der Waals surface area contributed by atoms with Gasteiger partial charge in [0.2, 0.25) is 0 Å². The molecule has 0 heterocycles. The number of hydrogen-bond acceptors (Lipinski definition) is 4. The van der Waals surface area contributed by atoms with Gasteiger partial charge in [-0.2, -0.15) is 11.8 Å². The fraction of sp³-hybridized carbons (Fsp3) is 0.500. The lowest BCUT2D eigenvalue weighted by atomic mass is 10.1. The van der Waals surface area contributed by atoms with Gasteiger partial charge in [-0.1, -0.05) is 0 Å². The fourth-order valence-electron chi connectivity index (χ4n) is 1.60. The molecule has 0 bridgehead atoms. The van der Waals surface area contributed by atoms with Crippen LogP contribution in [0.4, 0.5) is 20.2 Å². The van der Waals surface area contributed by atoms with E-state index in [2.05, 4.69) is 5.32 Å². The van der Waals surface area contributed by atoms with E-state index in [1.807, 2.05) is 6.26 Å². The maximum absolute atomic E-state index is 12.8. The number of hydrogen-bond donors (Lipinski definition) is 1. The number of nitrogens with one attached hydrogen (secondary N) is 1. The van der Waals surface area contributed by atoms with Crippen LogP contribution in [0, 0.1) is 10.1 Å². The van der Waals surface area contributed by atoms with E-state index in [9.17, 15) is 18.9 Å². The number of halogens is 2. The Morgan fingerprint density at radius 3 is 2.74 bits per heavy atom. The average molecular weight is 290 g/mol. The van der Waals surface area contributed by atoms with E-state index in [-0.39, 0.29) is 16.9 Å². The SMILES string of the molecule is CSCCCCNc1ccc([N+](=O)[O-])cc1C(F)F. The minimum Gasteiger partial charge on any atom is -0.385 e. The van der Waals surface area contributed by atoms with Crippen molar-refractivity contribution in [3.63, 3.8) is 0 Å². The fourth-order valence-corrected chi connectivity index (χ4v) is 2.09. The predicted octanol–water partition coefficient (Wildman–Crippen LogP) is 4.09. The Kier molecular flexibility index (Phi) is 6.55. The van der Waals surface area contributed by atoms with Gasteiger partial charge < -0.3 is 5.32 Å². The summed E-state index contributed by atoms with van der Waals surface area (Å²) in [7, 11) is 0. The molecule has 7 heteroatoms. The van der Waals surface area contributed by atoms with E-state index in [1.54, 1.807) is 11.8 Å². The first-order chi connectivity index (χ1) is 9.06. The number of unbranched alkanes of at least 4 members (excludes halogenated alkanes) is 1. The molecule has 4 nitrogen and oxygen atoms in total. The molecule has 0 fully saturated rings. The molecule has 0 saturated heterocycles. The molecule has 0 aliphatic rings. The van der Waals surface area contributed by atoms with Crippen molar-refractivity contribution in [1.82, 2.24) is 0 Å². The van der Waals surface area contributed by atoms with Crippen molar-refractivity contribution in [3.05, 3.63) is 33.9 Å². The number of thioether (sulfide) groups is 1. The van der Waals surface area contributed by atoms with E-state index < -0.39 is 11.3 Å². The lowest BCUT2D eigenvalue weighted by Crippen LogP contribution is -2.05. The number of benzene rings is 1. The standard InChI is InChI=1S/C12H16F2N2O2S/c1-19-7-3-2-6-15-11-5-4-9(16(17)18)8-10(11)12(13)14/h4-5,8,12,15H,2-3,6-7H2,1H3. The van der Waals surface area contributed by atoms with Crippen LogP contribution in [-0.4, -0.2) is 23.5 Å². The second kappa shape index (κ2) is 7.93. The van der Waals surface area contributed by atoms with Gasteiger partial charge in [-0.25, -0.2) is 8.78 Å². The maximum Gasteiger partial charge on any atom is 0.270 e. The number of anilines is 1. The van der Waals surface area contributed by atoms with Crippen LogP contribution in [0.25, 0.3) is 0 Å². The zero-order valence-corrected chi connectivity index (χ0v) is 11.4. The first-order valence-corrected chi connectivity index (χ1v) is 7.25. The Labute approximate surface area is 114 Å². The number of alkyl halides is 2. The van der Waals surface area contributed by atoms with Crippen LogP contribution in [0.5, 0.6) is 0 Å². The highest BCUT2D eigenvalue weighted by Gasteiger charge is 2.17. The second-order valence-electron chi connectivity index (χ2n) is 3.96. The first kappa shape index (κ1) is 15.7. The summed E-state index contributed by atoms with van der Waals surface area (Å²) in [6.45, 7) is 0.581. The molecular formula is C12H16F2N2O2S. The van der Waals surface area contributed by atoms with Gasteiger partial charge in [0, 0.05) is 29.9 Å². The molecule has 1 N–H and O–H groups in total. The zero-order valence-electron chi connectivity index (χ0n) is 10.6. The largest absolute Gasteiger partial charge is 0.385 e. The van der Waals surface area contributed by atoms with Gasteiger partial charge >= 0.3 is 0 Å². The monoisotopic (exact) mass is 290 g/mol. The first-order valence-electron chi connectivity index (χ1n) is 5.85. The number of non-ortho nitro benzene ring substituents is 1. The normalized spacial score (nSPS) is 10.7. The topological polar surface area (TPSA) is 55.2 Å². The number of nitro groups is 1. The minimum atomic E-state index is -2.73. The van der Waals surface area contributed by atoms with Crippen molar-refractivity contribution in [2.75, 3.05) is 23.9 Å². The lowest BCUT2D eigenvalue weighted by molar-refractivity contribution is -0.385. The Morgan fingerprint density at radius 1 is 1.42 bits per heavy atom. The van der Waals surface area contributed by atoms with Gasteiger partial charge in [0.25, 0.3) is 12.1 Å². The summed E-state index contributed by atoms with van der Waals surface area (Å²) in [5.74, 6) is 1.03. The molecule has 1 rings (SSSR count). The van der Waals surface area contributed by atoms with Gasteiger partial charge in [0.05, 0.1) is 4.92 Å². The van der Waals surface area contributed by atoms with E-state index in [4.69, 9.17) is 0 Å². The minimum absolute atomic E-state index is 0.268. The van der Waals surface area contributed by atoms with Crippen LogP contribution in [0.3, 0.4) is 0 Å². The van der Waals surface area contributed by atoms with Crippen LogP contribution in [-0.2, 0) is 0 Å². The zero-order chi connectivity index (χ0) is 14.3. The van der Waals surface area contributed by atoms with Crippen molar-refractivity contribution in [1.29, 1.82) is 0 Å². The highest BCUT2D eigenvalue weighted by atomic mass is 32.2. The Morgan fingerprint density at radius 2 is 2.16 bits per heavy atom. The smallest absolute Gasteiger partial charge is 0.270 e. The van der Waals surface area contributed by atoms with Crippen LogP contribution >= 0.6 is 11.8 Å². The van der Waals surface area contributed by atoms with E-state index in [1.165, 1.54) is 12.1 Å². The Balaban J connectivity index is 2.69. The van der Waals surface area contributed by atoms with Crippen molar-refractivity contribution in [2.45, 2.75) is 19.3 Å². The molecule has 106 valence electrons. The lowest BCUT2D eigenvalue weighted by Gasteiger charge is -2.11. The van der Waals surface area contributed by atoms with Crippen molar-refractivity contribution < 1.29 is 13.7 Å². The molecule has 0 aromatic heterocycles. The molecule has 1 aromatic carbocycles. The van der Waals surface area contributed by atoms with Crippen LogP contribution < -0.4 is 5.32 Å².